The third kappa shape index (κ3) is 3.85. The first-order valence-corrected chi connectivity index (χ1v) is 8.92. The van der Waals surface area contributed by atoms with E-state index >= 15 is 0 Å². The van der Waals surface area contributed by atoms with Crippen LogP contribution in [0.5, 0.6) is 0 Å². The maximum absolute atomic E-state index is 5.95. The van der Waals surface area contributed by atoms with Crippen molar-refractivity contribution >= 4 is 5.82 Å². The van der Waals surface area contributed by atoms with Crippen molar-refractivity contribution in [3.63, 3.8) is 0 Å². The third-order valence-corrected chi connectivity index (χ3v) is 4.65. The van der Waals surface area contributed by atoms with E-state index in [4.69, 9.17) is 5.73 Å². The van der Waals surface area contributed by atoms with Crippen LogP contribution < -0.4 is 5.73 Å². The van der Waals surface area contributed by atoms with Crippen molar-refractivity contribution in [1.29, 1.82) is 0 Å². The molecule has 0 saturated carbocycles. The number of aromatic nitrogens is 3. The average molecular weight is 352 g/mol. The number of nitrogen functional groups attached to an aromatic ring is 1. The van der Waals surface area contributed by atoms with Crippen LogP contribution in [0.4, 0.5) is 5.82 Å². The van der Waals surface area contributed by atoms with Gasteiger partial charge in [0.25, 0.3) is 0 Å². The highest BCUT2D eigenvalue weighted by Gasteiger charge is 2.19. The van der Waals surface area contributed by atoms with Gasteiger partial charge in [0.05, 0.1) is 5.69 Å². The highest BCUT2D eigenvalue weighted by Crippen LogP contribution is 2.31. The minimum Gasteiger partial charge on any atom is -0.384 e. The van der Waals surface area contributed by atoms with E-state index < -0.39 is 0 Å². The predicted octanol–water partition coefficient (Wildman–Crippen LogP) is 4.50. The van der Waals surface area contributed by atoms with Gasteiger partial charge in [0.1, 0.15) is 5.82 Å². The minimum absolute atomic E-state index is 0.0695. The molecule has 1 aromatic carbocycles. The van der Waals surface area contributed by atoms with Gasteiger partial charge in [-0.05, 0) is 47.4 Å². The van der Waals surface area contributed by atoms with Crippen molar-refractivity contribution in [1.82, 2.24) is 15.0 Å². The molecule has 0 saturated heterocycles. The minimum atomic E-state index is 0.0695. The number of benzene rings is 1. The van der Waals surface area contributed by atoms with Crippen LogP contribution in [-0.2, 0) is 6.42 Å². The average Bonchev–Trinajstić information content (AvgIpc) is 2.73. The largest absolute Gasteiger partial charge is 0.384 e. The molecule has 3 aromatic heterocycles. The molecule has 4 heteroatoms. The lowest BCUT2D eigenvalue weighted by atomic mass is 9.87. The van der Waals surface area contributed by atoms with Crippen LogP contribution in [0, 0.1) is 0 Å². The summed E-state index contributed by atoms with van der Waals surface area (Å²) in [6.07, 6.45) is 8.18. The van der Waals surface area contributed by atoms with Crippen molar-refractivity contribution in [3.8, 4) is 11.1 Å². The smallest absolute Gasteiger partial charge is 0.123 e. The van der Waals surface area contributed by atoms with Crippen molar-refractivity contribution in [3.05, 3.63) is 108 Å². The van der Waals surface area contributed by atoms with Crippen molar-refractivity contribution in [2.75, 3.05) is 5.73 Å². The van der Waals surface area contributed by atoms with Crippen molar-refractivity contribution < 1.29 is 0 Å². The fraction of sp³-hybridized carbons (Fsp3) is 0.0870. The molecule has 4 rings (SSSR count). The molecule has 0 radical (unpaired) electrons. The second-order valence-electron chi connectivity index (χ2n) is 6.43. The first-order chi connectivity index (χ1) is 13.3. The summed E-state index contributed by atoms with van der Waals surface area (Å²) >= 11 is 0. The maximum atomic E-state index is 5.95. The summed E-state index contributed by atoms with van der Waals surface area (Å²) in [4.78, 5) is 13.2. The van der Waals surface area contributed by atoms with E-state index in [0.717, 1.165) is 23.2 Å². The maximum Gasteiger partial charge on any atom is 0.123 e. The van der Waals surface area contributed by atoms with Gasteiger partial charge in [-0.3, -0.25) is 9.97 Å². The normalized spacial score (nSPS) is 11.9. The molecule has 0 aliphatic rings. The van der Waals surface area contributed by atoms with Crippen molar-refractivity contribution in [2.24, 2.45) is 0 Å². The highest BCUT2D eigenvalue weighted by molar-refractivity contribution is 5.66. The number of pyridine rings is 3. The number of nitrogens with two attached hydrogens (primary N) is 1. The van der Waals surface area contributed by atoms with Crippen LogP contribution in [0.1, 0.15) is 22.7 Å². The standard InChI is InChI=1S/C23H20N4/c24-23-11-3-10-22(27-23)21(19-8-5-13-26-16-19)14-17-6-1-2-9-20(17)18-7-4-12-25-15-18/h1-13,15-16,21H,14H2,(H2,24,27). The molecular formula is C23H20N4. The fourth-order valence-corrected chi connectivity index (χ4v) is 3.36. The molecule has 0 amide bonds. The zero-order valence-electron chi connectivity index (χ0n) is 14.9. The SMILES string of the molecule is Nc1cccc(C(Cc2ccccc2-c2cccnc2)c2cccnc2)n1. The second kappa shape index (κ2) is 7.79. The molecule has 0 bridgehead atoms. The number of hydrogen-bond donors (Lipinski definition) is 1. The summed E-state index contributed by atoms with van der Waals surface area (Å²) in [5.41, 5.74) is 11.6. The summed E-state index contributed by atoms with van der Waals surface area (Å²) in [7, 11) is 0. The molecule has 27 heavy (non-hydrogen) atoms. The number of hydrogen-bond acceptors (Lipinski definition) is 4. The highest BCUT2D eigenvalue weighted by atomic mass is 14.8. The van der Waals surface area contributed by atoms with E-state index in [9.17, 15) is 0 Å². The van der Waals surface area contributed by atoms with E-state index in [1.807, 2.05) is 42.7 Å². The van der Waals surface area contributed by atoms with E-state index in [2.05, 4.69) is 51.4 Å². The Hall–Kier alpha value is -3.53. The summed E-state index contributed by atoms with van der Waals surface area (Å²) in [5, 5.41) is 0. The lowest BCUT2D eigenvalue weighted by Crippen LogP contribution is -2.09. The van der Waals surface area contributed by atoms with Gasteiger partial charge in [-0.1, -0.05) is 42.5 Å². The Balaban J connectivity index is 1.78. The molecule has 0 fully saturated rings. The summed E-state index contributed by atoms with van der Waals surface area (Å²) in [6.45, 7) is 0. The van der Waals surface area contributed by atoms with Gasteiger partial charge >= 0.3 is 0 Å². The van der Waals surface area contributed by atoms with E-state index in [1.54, 1.807) is 12.4 Å². The molecule has 1 unspecified atom stereocenters. The van der Waals surface area contributed by atoms with Gasteiger partial charge in [0.2, 0.25) is 0 Å². The lowest BCUT2D eigenvalue weighted by Gasteiger charge is -2.19. The quantitative estimate of drug-likeness (QED) is 0.574. The Bertz CT molecular complexity index is 1020. The Kier molecular flexibility index (Phi) is 4.88. The van der Waals surface area contributed by atoms with Crippen LogP contribution in [-0.4, -0.2) is 15.0 Å². The molecular weight excluding hydrogens is 332 g/mol. The van der Waals surface area contributed by atoms with Crippen LogP contribution in [0.3, 0.4) is 0 Å². The van der Waals surface area contributed by atoms with Crippen LogP contribution in [0.25, 0.3) is 11.1 Å². The van der Waals surface area contributed by atoms with Crippen LogP contribution in [0.15, 0.2) is 91.5 Å². The van der Waals surface area contributed by atoms with Gasteiger partial charge in [-0.25, -0.2) is 4.98 Å². The molecule has 4 aromatic rings. The molecule has 2 N–H and O–H groups in total. The number of nitrogens with zero attached hydrogens (tertiary/aromatic N) is 3. The predicted molar refractivity (Wildman–Crippen MR) is 108 cm³/mol. The second-order valence-corrected chi connectivity index (χ2v) is 6.43. The molecule has 0 aliphatic carbocycles. The molecule has 0 aliphatic heterocycles. The van der Waals surface area contributed by atoms with Gasteiger partial charge in [0.15, 0.2) is 0 Å². The zero-order chi connectivity index (χ0) is 18.5. The van der Waals surface area contributed by atoms with Crippen LogP contribution >= 0.6 is 0 Å². The molecule has 1 atom stereocenters. The summed E-state index contributed by atoms with van der Waals surface area (Å²) in [6, 6.07) is 22.3. The summed E-state index contributed by atoms with van der Waals surface area (Å²) in [5.74, 6) is 0.599. The third-order valence-electron chi connectivity index (χ3n) is 4.65. The monoisotopic (exact) mass is 352 g/mol. The molecule has 4 nitrogen and oxygen atoms in total. The van der Waals surface area contributed by atoms with Gasteiger partial charge in [0, 0.05) is 36.3 Å². The van der Waals surface area contributed by atoms with E-state index in [-0.39, 0.29) is 5.92 Å². The van der Waals surface area contributed by atoms with E-state index in [1.165, 1.54) is 11.1 Å². The van der Waals surface area contributed by atoms with Gasteiger partial charge in [-0.15, -0.1) is 0 Å². The van der Waals surface area contributed by atoms with Crippen molar-refractivity contribution in [2.45, 2.75) is 12.3 Å². The lowest BCUT2D eigenvalue weighted by molar-refractivity contribution is 0.772. The number of anilines is 1. The number of rotatable bonds is 5. The zero-order valence-corrected chi connectivity index (χ0v) is 14.9. The first-order valence-electron chi connectivity index (χ1n) is 8.92. The van der Waals surface area contributed by atoms with E-state index in [0.29, 0.717) is 5.82 Å². The fourth-order valence-electron chi connectivity index (χ4n) is 3.36. The first kappa shape index (κ1) is 16.9. The Morgan fingerprint density at radius 1 is 0.778 bits per heavy atom. The van der Waals surface area contributed by atoms with Crippen LogP contribution in [0.2, 0.25) is 0 Å². The Labute approximate surface area is 158 Å². The Morgan fingerprint density at radius 3 is 2.33 bits per heavy atom. The topological polar surface area (TPSA) is 64.7 Å². The molecule has 3 heterocycles. The summed E-state index contributed by atoms with van der Waals surface area (Å²) < 4.78 is 0. The molecule has 132 valence electrons. The molecule has 0 spiro atoms. The Morgan fingerprint density at radius 2 is 1.59 bits per heavy atom. The van der Waals surface area contributed by atoms with Gasteiger partial charge < -0.3 is 5.73 Å². The van der Waals surface area contributed by atoms with Gasteiger partial charge in [-0.2, -0.15) is 0 Å².